The topological polar surface area (TPSA) is 54.4 Å². The lowest BCUT2D eigenvalue weighted by atomic mass is 10.2. The van der Waals surface area contributed by atoms with E-state index in [2.05, 4.69) is 0 Å². The minimum Gasteiger partial charge on any atom is -0.282 e. The summed E-state index contributed by atoms with van der Waals surface area (Å²) in [4.78, 5) is -0.0666. The van der Waals surface area contributed by atoms with Gasteiger partial charge in [0.2, 0.25) is 0 Å². The van der Waals surface area contributed by atoms with Crippen LogP contribution in [0.4, 0.5) is 4.39 Å². The van der Waals surface area contributed by atoms with Crippen LogP contribution in [-0.4, -0.2) is 13.0 Å². The molecule has 0 aliphatic heterocycles. The Labute approximate surface area is 118 Å². The van der Waals surface area contributed by atoms with Crippen LogP contribution in [0.5, 0.6) is 0 Å². The fourth-order valence-corrected chi connectivity index (χ4v) is 1.91. The van der Waals surface area contributed by atoms with Crippen LogP contribution in [0.25, 0.3) is 0 Å². The van der Waals surface area contributed by atoms with Crippen molar-refractivity contribution in [3.05, 3.63) is 65.5 Å². The smallest absolute Gasteiger partial charge is 0.282 e. The van der Waals surface area contributed by atoms with Crippen molar-refractivity contribution in [1.82, 2.24) is 0 Å². The van der Waals surface area contributed by atoms with Crippen molar-refractivity contribution >= 4 is 10.1 Å². The van der Waals surface area contributed by atoms with Crippen molar-refractivity contribution < 1.29 is 17.4 Å². The SMILES string of the molecule is CCc1ccc(F)cc1.Cc1ccc(S(=O)(=O)O)cc1. The molecule has 0 amide bonds. The van der Waals surface area contributed by atoms with Gasteiger partial charge in [-0.1, -0.05) is 36.8 Å². The molecule has 0 saturated carbocycles. The van der Waals surface area contributed by atoms with Gasteiger partial charge >= 0.3 is 0 Å². The first-order valence-corrected chi connectivity index (χ1v) is 7.55. The Morgan fingerprint density at radius 3 is 1.90 bits per heavy atom. The first kappa shape index (κ1) is 16.3. The van der Waals surface area contributed by atoms with E-state index in [1.807, 2.05) is 13.8 Å². The Kier molecular flexibility index (Phi) is 5.85. The molecule has 20 heavy (non-hydrogen) atoms. The van der Waals surface area contributed by atoms with Crippen LogP contribution in [0.15, 0.2) is 53.4 Å². The van der Waals surface area contributed by atoms with Crippen LogP contribution in [0.3, 0.4) is 0 Å². The first-order chi connectivity index (χ1) is 9.32. The summed E-state index contributed by atoms with van der Waals surface area (Å²) in [5.74, 6) is -0.160. The maximum atomic E-state index is 12.2. The molecule has 0 fully saturated rings. The lowest BCUT2D eigenvalue weighted by Gasteiger charge is -1.95. The largest absolute Gasteiger partial charge is 0.294 e. The summed E-state index contributed by atoms with van der Waals surface area (Å²) in [6.45, 7) is 3.89. The van der Waals surface area contributed by atoms with Crippen molar-refractivity contribution in [2.45, 2.75) is 25.2 Å². The molecule has 2 rings (SSSR count). The van der Waals surface area contributed by atoms with E-state index in [9.17, 15) is 12.8 Å². The number of hydrogen-bond acceptors (Lipinski definition) is 2. The van der Waals surface area contributed by atoms with Gasteiger partial charge in [-0.25, -0.2) is 4.39 Å². The molecular formula is C15H17FO3S. The summed E-state index contributed by atoms with van der Waals surface area (Å²) in [5, 5.41) is 0. The van der Waals surface area contributed by atoms with Crippen molar-refractivity contribution in [3.63, 3.8) is 0 Å². The minimum atomic E-state index is -4.02. The number of hydrogen-bond donors (Lipinski definition) is 1. The Hall–Kier alpha value is -1.72. The number of halogens is 1. The van der Waals surface area contributed by atoms with E-state index < -0.39 is 10.1 Å². The maximum absolute atomic E-state index is 12.2. The molecule has 0 spiro atoms. The van der Waals surface area contributed by atoms with Crippen LogP contribution in [0, 0.1) is 12.7 Å². The van der Waals surface area contributed by atoms with E-state index in [0.717, 1.165) is 12.0 Å². The van der Waals surface area contributed by atoms with E-state index in [-0.39, 0.29) is 10.7 Å². The second kappa shape index (κ2) is 7.17. The Bertz CT molecular complexity index is 632. The molecule has 1 N–H and O–H groups in total. The molecular weight excluding hydrogens is 279 g/mol. The van der Waals surface area contributed by atoms with Gasteiger partial charge in [-0.05, 0) is 43.2 Å². The van der Waals surface area contributed by atoms with Crippen LogP contribution in [0.1, 0.15) is 18.1 Å². The molecule has 0 bridgehead atoms. The number of benzene rings is 2. The molecule has 0 aromatic heterocycles. The standard InChI is InChI=1S/C8H9F.C7H8O3S/c1-2-7-3-5-8(9)6-4-7;1-6-2-4-7(5-3-6)11(8,9)10/h3-6H,2H2,1H3;2-5H,1H3,(H,8,9,10). The second-order valence-corrected chi connectivity index (χ2v) is 5.69. The predicted molar refractivity (Wildman–Crippen MR) is 76.8 cm³/mol. The van der Waals surface area contributed by atoms with Crippen LogP contribution in [0.2, 0.25) is 0 Å². The average Bonchev–Trinajstić information content (AvgIpc) is 2.40. The van der Waals surface area contributed by atoms with E-state index in [4.69, 9.17) is 4.55 Å². The van der Waals surface area contributed by atoms with Gasteiger partial charge in [0.05, 0.1) is 4.90 Å². The van der Waals surface area contributed by atoms with Gasteiger partial charge in [0.1, 0.15) is 5.82 Å². The molecule has 0 aliphatic carbocycles. The van der Waals surface area contributed by atoms with E-state index in [0.29, 0.717) is 0 Å². The lowest BCUT2D eigenvalue weighted by Crippen LogP contribution is -1.96. The maximum Gasteiger partial charge on any atom is 0.294 e. The quantitative estimate of drug-likeness (QED) is 0.861. The van der Waals surface area contributed by atoms with Gasteiger partial charge in [0.25, 0.3) is 10.1 Å². The van der Waals surface area contributed by atoms with Crippen molar-refractivity contribution in [2.24, 2.45) is 0 Å². The fourth-order valence-electron chi connectivity index (χ4n) is 1.43. The summed E-state index contributed by atoms with van der Waals surface area (Å²) < 4.78 is 41.8. The zero-order valence-electron chi connectivity index (χ0n) is 11.4. The van der Waals surface area contributed by atoms with Gasteiger partial charge in [0, 0.05) is 0 Å². The third-order valence-corrected chi connectivity index (χ3v) is 3.51. The summed E-state index contributed by atoms with van der Waals surface area (Å²) in [6.07, 6.45) is 0.972. The highest BCUT2D eigenvalue weighted by Crippen LogP contribution is 2.08. The van der Waals surface area contributed by atoms with Crippen molar-refractivity contribution in [3.8, 4) is 0 Å². The van der Waals surface area contributed by atoms with Crippen molar-refractivity contribution in [2.75, 3.05) is 0 Å². The molecule has 2 aromatic rings. The van der Waals surface area contributed by atoms with Crippen LogP contribution in [-0.2, 0) is 16.5 Å². The third kappa shape index (κ3) is 5.50. The molecule has 0 unspecified atom stereocenters. The second-order valence-electron chi connectivity index (χ2n) is 4.27. The normalized spacial score (nSPS) is 10.6. The summed E-state index contributed by atoms with van der Waals surface area (Å²) in [6, 6.07) is 12.6. The summed E-state index contributed by atoms with van der Waals surface area (Å²) >= 11 is 0. The Morgan fingerprint density at radius 1 is 1.00 bits per heavy atom. The lowest BCUT2D eigenvalue weighted by molar-refractivity contribution is 0.483. The Morgan fingerprint density at radius 2 is 1.50 bits per heavy atom. The highest BCUT2D eigenvalue weighted by atomic mass is 32.2. The molecule has 0 aliphatic rings. The molecule has 2 aromatic carbocycles. The summed E-state index contributed by atoms with van der Waals surface area (Å²) in [5.41, 5.74) is 2.13. The molecule has 0 atom stereocenters. The number of rotatable bonds is 2. The van der Waals surface area contributed by atoms with Gasteiger partial charge in [-0.2, -0.15) is 8.42 Å². The molecule has 108 valence electrons. The highest BCUT2D eigenvalue weighted by Gasteiger charge is 2.06. The molecule has 0 saturated heterocycles. The van der Waals surface area contributed by atoms with Gasteiger partial charge in [0.15, 0.2) is 0 Å². The summed E-state index contributed by atoms with van der Waals surface area (Å²) in [7, 11) is -4.02. The van der Waals surface area contributed by atoms with Crippen LogP contribution >= 0.6 is 0 Å². The molecule has 0 heterocycles. The molecule has 3 nitrogen and oxygen atoms in total. The average molecular weight is 296 g/mol. The molecule has 0 radical (unpaired) electrons. The van der Waals surface area contributed by atoms with E-state index in [1.165, 1.54) is 29.8 Å². The van der Waals surface area contributed by atoms with Gasteiger partial charge in [-0.3, -0.25) is 4.55 Å². The van der Waals surface area contributed by atoms with Gasteiger partial charge < -0.3 is 0 Å². The third-order valence-electron chi connectivity index (χ3n) is 2.64. The first-order valence-electron chi connectivity index (χ1n) is 6.11. The van der Waals surface area contributed by atoms with Gasteiger partial charge in [-0.15, -0.1) is 0 Å². The van der Waals surface area contributed by atoms with E-state index in [1.54, 1.807) is 24.3 Å². The number of aryl methyl sites for hydroxylation is 2. The fraction of sp³-hybridized carbons (Fsp3) is 0.200. The minimum absolute atomic E-state index is 0.0666. The molecule has 5 heteroatoms. The zero-order chi connectivity index (χ0) is 15.2. The van der Waals surface area contributed by atoms with Crippen LogP contribution < -0.4 is 0 Å². The van der Waals surface area contributed by atoms with E-state index >= 15 is 0 Å². The highest BCUT2D eigenvalue weighted by molar-refractivity contribution is 7.85. The zero-order valence-corrected chi connectivity index (χ0v) is 12.2. The van der Waals surface area contributed by atoms with Crippen molar-refractivity contribution in [1.29, 1.82) is 0 Å². The predicted octanol–water partition coefficient (Wildman–Crippen LogP) is 3.63. The monoisotopic (exact) mass is 296 g/mol. The Balaban J connectivity index is 0.000000204.